The van der Waals surface area contributed by atoms with Gasteiger partial charge in [-0.1, -0.05) is 11.8 Å². The molecule has 0 radical (unpaired) electrons. The van der Waals surface area contributed by atoms with Crippen LogP contribution in [0.25, 0.3) is 0 Å². The third-order valence-corrected chi connectivity index (χ3v) is 7.33. The van der Waals surface area contributed by atoms with Gasteiger partial charge < -0.3 is 15.1 Å². The molecule has 0 bridgehead atoms. The highest BCUT2D eigenvalue weighted by atomic mass is 32.2. The van der Waals surface area contributed by atoms with E-state index in [2.05, 4.69) is 27.0 Å². The molecular weight excluding hydrogens is 404 g/mol. The maximum Gasteiger partial charge on any atom is 0.236 e. The van der Waals surface area contributed by atoms with Gasteiger partial charge in [0.25, 0.3) is 0 Å². The summed E-state index contributed by atoms with van der Waals surface area (Å²) in [5.41, 5.74) is 0. The van der Waals surface area contributed by atoms with Gasteiger partial charge >= 0.3 is 0 Å². The molecule has 7 nitrogen and oxygen atoms in total. The quantitative estimate of drug-likeness (QED) is 0.291. The van der Waals surface area contributed by atoms with Crippen LogP contribution in [0.5, 0.6) is 0 Å². The van der Waals surface area contributed by atoms with Gasteiger partial charge in [-0.2, -0.15) is 0 Å². The number of thioether (sulfide) groups is 1. The van der Waals surface area contributed by atoms with Crippen LogP contribution in [0, 0.1) is 0 Å². The first-order valence-corrected chi connectivity index (χ1v) is 12.7. The summed E-state index contributed by atoms with van der Waals surface area (Å²) in [7, 11) is 0. The van der Waals surface area contributed by atoms with Crippen molar-refractivity contribution in [2.75, 3.05) is 64.7 Å². The summed E-state index contributed by atoms with van der Waals surface area (Å²) in [5, 5.41) is 5.45. The van der Waals surface area contributed by atoms with Crippen molar-refractivity contribution >= 4 is 35.0 Å². The number of guanidine groups is 1. The smallest absolute Gasteiger partial charge is 0.236 e. The summed E-state index contributed by atoms with van der Waals surface area (Å²) in [5.74, 6) is 2.35. The van der Waals surface area contributed by atoms with Crippen molar-refractivity contribution in [1.82, 2.24) is 25.0 Å². The molecule has 1 N–H and O–H groups in total. The largest absolute Gasteiger partial charge is 0.357 e. The molecule has 2 aliphatic heterocycles. The minimum Gasteiger partial charge on any atom is -0.357 e. The van der Waals surface area contributed by atoms with Gasteiger partial charge in [0.05, 0.1) is 6.54 Å². The van der Waals surface area contributed by atoms with Gasteiger partial charge in [-0.25, -0.2) is 4.98 Å². The van der Waals surface area contributed by atoms with Crippen molar-refractivity contribution < 1.29 is 4.79 Å². The van der Waals surface area contributed by atoms with Crippen LogP contribution in [-0.2, 0) is 4.79 Å². The van der Waals surface area contributed by atoms with Gasteiger partial charge in [0, 0.05) is 69.7 Å². The molecule has 0 unspecified atom stereocenters. The predicted molar refractivity (Wildman–Crippen MR) is 122 cm³/mol. The van der Waals surface area contributed by atoms with E-state index in [1.165, 1.54) is 6.42 Å². The highest BCUT2D eigenvalue weighted by Gasteiger charge is 2.23. The van der Waals surface area contributed by atoms with Crippen molar-refractivity contribution in [2.24, 2.45) is 4.99 Å². The molecule has 9 heteroatoms. The summed E-state index contributed by atoms with van der Waals surface area (Å²) in [4.78, 5) is 28.3. The van der Waals surface area contributed by atoms with E-state index in [-0.39, 0.29) is 0 Å². The van der Waals surface area contributed by atoms with E-state index < -0.39 is 0 Å². The predicted octanol–water partition coefficient (Wildman–Crippen LogP) is 2.22. The third-order valence-electron chi connectivity index (χ3n) is 5.27. The third kappa shape index (κ3) is 7.46. The standard InChI is InChI=1S/C20H34N6OS2/c1-2-21-19(22-7-6-15-28-20-23-8-16-29-20)26-13-11-24(12-14-26)17-18(27)25-9-4-3-5-10-25/h8,16H,2-7,9-15,17H2,1H3,(H,21,22). The average molecular weight is 439 g/mol. The van der Waals surface area contributed by atoms with Crippen LogP contribution >= 0.6 is 23.1 Å². The number of nitrogens with zero attached hydrogens (tertiary/aromatic N) is 5. The molecule has 2 saturated heterocycles. The lowest BCUT2D eigenvalue weighted by Gasteiger charge is -2.37. The molecule has 2 aliphatic rings. The van der Waals surface area contributed by atoms with Crippen molar-refractivity contribution in [3.05, 3.63) is 11.6 Å². The van der Waals surface area contributed by atoms with Crippen LogP contribution in [0.15, 0.2) is 20.9 Å². The van der Waals surface area contributed by atoms with E-state index in [1.54, 1.807) is 23.1 Å². The number of carbonyl (C=O) groups is 1. The number of hydrogen-bond acceptors (Lipinski definition) is 6. The van der Waals surface area contributed by atoms with Crippen molar-refractivity contribution in [3.63, 3.8) is 0 Å². The molecule has 0 saturated carbocycles. The number of carbonyl (C=O) groups excluding carboxylic acids is 1. The normalized spacial score (nSPS) is 18.9. The molecule has 1 aromatic heterocycles. The van der Waals surface area contributed by atoms with E-state index in [0.717, 1.165) is 87.7 Å². The number of piperidine rings is 1. The number of aromatic nitrogens is 1. The minimum absolute atomic E-state index is 0.302. The highest BCUT2D eigenvalue weighted by Crippen LogP contribution is 2.20. The Morgan fingerprint density at radius 3 is 2.66 bits per heavy atom. The number of amides is 1. The molecule has 1 amide bonds. The second-order valence-electron chi connectivity index (χ2n) is 7.44. The fourth-order valence-corrected chi connectivity index (χ4v) is 5.30. The van der Waals surface area contributed by atoms with Gasteiger partial charge in [0.15, 0.2) is 5.96 Å². The van der Waals surface area contributed by atoms with Gasteiger partial charge in [-0.05, 0) is 32.6 Å². The number of aliphatic imine (C=N–C) groups is 1. The first kappa shape index (κ1) is 22.4. The van der Waals surface area contributed by atoms with E-state index >= 15 is 0 Å². The number of nitrogens with one attached hydrogen (secondary N) is 1. The molecule has 1 aromatic rings. The molecule has 0 aromatic carbocycles. The van der Waals surface area contributed by atoms with Gasteiger partial charge in [0.1, 0.15) is 4.34 Å². The zero-order chi connectivity index (χ0) is 20.3. The summed E-state index contributed by atoms with van der Waals surface area (Å²) in [6.45, 7) is 9.95. The van der Waals surface area contributed by atoms with Crippen LogP contribution in [0.4, 0.5) is 0 Å². The monoisotopic (exact) mass is 438 g/mol. The Balaban J connectivity index is 1.38. The molecule has 0 atom stereocenters. The van der Waals surface area contributed by atoms with E-state index in [1.807, 2.05) is 16.5 Å². The Kier molecular flexibility index (Phi) is 9.56. The molecule has 2 fully saturated rings. The van der Waals surface area contributed by atoms with Gasteiger partial charge in [0.2, 0.25) is 5.91 Å². The van der Waals surface area contributed by atoms with E-state index in [4.69, 9.17) is 4.99 Å². The summed E-state index contributed by atoms with van der Waals surface area (Å²) in [6.07, 6.45) is 6.48. The van der Waals surface area contributed by atoms with Crippen LogP contribution in [0.1, 0.15) is 32.6 Å². The Morgan fingerprint density at radius 2 is 1.97 bits per heavy atom. The van der Waals surface area contributed by atoms with E-state index in [0.29, 0.717) is 12.5 Å². The van der Waals surface area contributed by atoms with Crippen LogP contribution in [0.3, 0.4) is 0 Å². The van der Waals surface area contributed by atoms with Crippen LogP contribution < -0.4 is 5.32 Å². The number of rotatable bonds is 8. The van der Waals surface area contributed by atoms with Crippen LogP contribution in [0.2, 0.25) is 0 Å². The Morgan fingerprint density at radius 1 is 1.17 bits per heavy atom. The Hall–Kier alpha value is -1.32. The zero-order valence-electron chi connectivity index (χ0n) is 17.5. The Labute approximate surface area is 182 Å². The fourth-order valence-electron chi connectivity index (χ4n) is 3.67. The lowest BCUT2D eigenvalue weighted by molar-refractivity contribution is -0.133. The molecule has 3 rings (SSSR count). The summed E-state index contributed by atoms with van der Waals surface area (Å²) in [6, 6.07) is 0. The minimum atomic E-state index is 0.302. The van der Waals surface area contributed by atoms with Gasteiger partial charge in [-0.15, -0.1) is 11.3 Å². The number of thiazole rings is 1. The second-order valence-corrected chi connectivity index (χ2v) is 9.68. The average Bonchev–Trinajstić information content (AvgIpc) is 3.27. The highest BCUT2D eigenvalue weighted by molar-refractivity contribution is 8.00. The number of likely N-dealkylation sites (tertiary alicyclic amines) is 1. The lowest BCUT2D eigenvalue weighted by atomic mass is 10.1. The topological polar surface area (TPSA) is 64.1 Å². The van der Waals surface area contributed by atoms with Crippen molar-refractivity contribution in [3.8, 4) is 0 Å². The maximum absolute atomic E-state index is 12.5. The SMILES string of the molecule is CCNC(=NCCCSc1nccs1)N1CCN(CC(=O)N2CCCCC2)CC1. The molecule has 0 spiro atoms. The Bertz CT molecular complexity index is 625. The molecule has 29 heavy (non-hydrogen) atoms. The zero-order valence-corrected chi connectivity index (χ0v) is 19.1. The molecule has 162 valence electrons. The first-order valence-electron chi connectivity index (χ1n) is 10.8. The van der Waals surface area contributed by atoms with Gasteiger partial charge in [-0.3, -0.25) is 14.7 Å². The molecule has 3 heterocycles. The number of piperazine rings is 1. The van der Waals surface area contributed by atoms with Crippen molar-refractivity contribution in [2.45, 2.75) is 36.9 Å². The molecular formula is C20H34N6OS2. The van der Waals surface area contributed by atoms with Crippen LogP contribution in [-0.4, -0.2) is 96.2 Å². The molecule has 0 aliphatic carbocycles. The fraction of sp³-hybridized carbons (Fsp3) is 0.750. The van der Waals surface area contributed by atoms with E-state index in [9.17, 15) is 4.79 Å². The number of hydrogen-bond donors (Lipinski definition) is 1. The first-order chi connectivity index (χ1) is 14.3. The lowest BCUT2D eigenvalue weighted by Crippen LogP contribution is -2.54. The summed E-state index contributed by atoms with van der Waals surface area (Å²) < 4.78 is 1.14. The summed E-state index contributed by atoms with van der Waals surface area (Å²) >= 11 is 3.50. The van der Waals surface area contributed by atoms with Crippen molar-refractivity contribution in [1.29, 1.82) is 0 Å². The maximum atomic E-state index is 12.5. The second kappa shape index (κ2) is 12.4.